The highest BCUT2D eigenvalue weighted by atomic mass is 32.2. The number of sulfonamides is 1. The molecule has 3 rings (SSSR count). The van der Waals surface area contributed by atoms with Gasteiger partial charge in [0.25, 0.3) is 0 Å². The lowest BCUT2D eigenvalue weighted by molar-refractivity contribution is 0.568. The molecule has 0 atom stereocenters. The number of hydrogen-bond acceptors (Lipinski definition) is 2. The fraction of sp³-hybridized carbons (Fsp3) is 0.176. The van der Waals surface area contributed by atoms with Crippen molar-refractivity contribution in [2.45, 2.75) is 24.2 Å². The van der Waals surface area contributed by atoms with Gasteiger partial charge in [-0.15, -0.1) is 0 Å². The van der Waals surface area contributed by atoms with Crippen LogP contribution in [0.1, 0.15) is 30.4 Å². The molecule has 0 bridgehead atoms. The molecule has 0 saturated heterocycles. The summed E-state index contributed by atoms with van der Waals surface area (Å²) in [5.74, 6) is -1.17. The zero-order chi connectivity index (χ0) is 16.6. The molecule has 0 aromatic heterocycles. The second-order valence-corrected chi connectivity index (χ2v) is 7.04. The highest BCUT2D eigenvalue weighted by Gasteiger charge is 2.20. The van der Waals surface area contributed by atoms with Crippen LogP contribution in [0.5, 0.6) is 0 Å². The third-order valence-electron chi connectivity index (χ3n) is 4.00. The molecule has 0 aliphatic heterocycles. The Kier molecular flexibility index (Phi) is 4.04. The van der Waals surface area contributed by atoms with Crippen LogP contribution in [0.2, 0.25) is 0 Å². The van der Waals surface area contributed by atoms with Gasteiger partial charge in [0, 0.05) is 0 Å². The number of benzene rings is 2. The van der Waals surface area contributed by atoms with E-state index in [0.717, 1.165) is 36.0 Å². The van der Waals surface area contributed by atoms with E-state index >= 15 is 0 Å². The summed E-state index contributed by atoms with van der Waals surface area (Å²) in [5, 5.41) is 4.98. The van der Waals surface area contributed by atoms with Crippen molar-refractivity contribution in [1.82, 2.24) is 0 Å². The summed E-state index contributed by atoms with van der Waals surface area (Å²) in [5.41, 5.74) is 3.52. The molecular weight excluding hydrogens is 320 g/mol. The highest BCUT2D eigenvalue weighted by Crippen LogP contribution is 2.40. The molecule has 0 radical (unpaired) electrons. The quantitative estimate of drug-likeness (QED) is 0.929. The summed E-state index contributed by atoms with van der Waals surface area (Å²) >= 11 is 0. The van der Waals surface area contributed by atoms with Gasteiger partial charge < -0.3 is 0 Å². The average Bonchev–Trinajstić information content (AvgIpc) is 2.96. The largest absolute Gasteiger partial charge is 0.240 e. The molecule has 0 amide bonds. The third kappa shape index (κ3) is 3.18. The molecule has 0 unspecified atom stereocenters. The maximum Gasteiger partial charge on any atom is 0.240 e. The monoisotopic (exact) mass is 335 g/mol. The first-order chi connectivity index (χ1) is 10.9. The van der Waals surface area contributed by atoms with E-state index in [4.69, 9.17) is 5.14 Å². The van der Waals surface area contributed by atoms with E-state index in [0.29, 0.717) is 5.56 Å². The van der Waals surface area contributed by atoms with Crippen LogP contribution in [0.25, 0.3) is 11.1 Å². The van der Waals surface area contributed by atoms with Crippen LogP contribution in [0.15, 0.2) is 47.4 Å². The standard InChI is InChI=1S/C17H15F2NO2S/c18-13-7-4-11(5-8-13)14-2-1-3-15(14)12-6-9-17(16(19)10-12)23(20,21)22/h4-10H,1-3H2,(H2,20,21,22). The zero-order valence-corrected chi connectivity index (χ0v) is 13.0. The van der Waals surface area contributed by atoms with Gasteiger partial charge >= 0.3 is 0 Å². The molecule has 1 aliphatic rings. The maximum absolute atomic E-state index is 14.1. The third-order valence-corrected chi connectivity index (χ3v) is 4.94. The first-order valence-corrected chi connectivity index (χ1v) is 8.71. The van der Waals surface area contributed by atoms with E-state index in [1.54, 1.807) is 18.2 Å². The van der Waals surface area contributed by atoms with Crippen molar-refractivity contribution in [2.75, 3.05) is 0 Å². The smallest absolute Gasteiger partial charge is 0.225 e. The Morgan fingerprint density at radius 2 is 1.43 bits per heavy atom. The topological polar surface area (TPSA) is 60.2 Å². The van der Waals surface area contributed by atoms with Gasteiger partial charge in [-0.05, 0) is 65.8 Å². The molecule has 23 heavy (non-hydrogen) atoms. The maximum atomic E-state index is 14.1. The van der Waals surface area contributed by atoms with Crippen molar-refractivity contribution < 1.29 is 17.2 Å². The van der Waals surface area contributed by atoms with Gasteiger partial charge in [0.1, 0.15) is 16.5 Å². The molecule has 120 valence electrons. The number of hydrogen-bond donors (Lipinski definition) is 1. The van der Waals surface area contributed by atoms with Crippen molar-refractivity contribution in [3.8, 4) is 0 Å². The zero-order valence-electron chi connectivity index (χ0n) is 12.2. The number of primary sulfonamides is 1. The number of nitrogens with two attached hydrogens (primary N) is 1. The van der Waals surface area contributed by atoms with Crippen LogP contribution in [0.4, 0.5) is 8.78 Å². The lowest BCUT2D eigenvalue weighted by Gasteiger charge is -2.10. The molecule has 0 spiro atoms. The van der Waals surface area contributed by atoms with Crippen molar-refractivity contribution >= 4 is 21.2 Å². The van der Waals surface area contributed by atoms with Crippen molar-refractivity contribution in [3.05, 3.63) is 65.2 Å². The summed E-state index contributed by atoms with van der Waals surface area (Å²) < 4.78 is 49.7. The minimum atomic E-state index is -4.08. The van der Waals surface area contributed by atoms with Crippen LogP contribution >= 0.6 is 0 Å². The van der Waals surface area contributed by atoms with Crippen LogP contribution in [0, 0.1) is 11.6 Å². The lowest BCUT2D eigenvalue weighted by atomic mass is 9.97. The Morgan fingerprint density at radius 3 is 2.00 bits per heavy atom. The Bertz CT molecular complexity index is 887. The fourth-order valence-corrected chi connectivity index (χ4v) is 3.54. The first-order valence-electron chi connectivity index (χ1n) is 7.17. The van der Waals surface area contributed by atoms with Gasteiger partial charge in [0.15, 0.2) is 0 Å². The van der Waals surface area contributed by atoms with Crippen LogP contribution in [-0.4, -0.2) is 8.42 Å². The fourth-order valence-electron chi connectivity index (χ4n) is 2.95. The van der Waals surface area contributed by atoms with Gasteiger partial charge in [-0.2, -0.15) is 0 Å². The molecule has 1 aliphatic carbocycles. The number of allylic oxidation sites excluding steroid dienone is 2. The predicted molar refractivity (Wildman–Crippen MR) is 84.8 cm³/mol. The summed E-state index contributed by atoms with van der Waals surface area (Å²) in [7, 11) is -4.08. The molecule has 0 fully saturated rings. The van der Waals surface area contributed by atoms with E-state index in [1.807, 2.05) is 0 Å². The second-order valence-electron chi connectivity index (χ2n) is 5.51. The molecule has 3 nitrogen and oxygen atoms in total. The number of halogens is 2. The summed E-state index contributed by atoms with van der Waals surface area (Å²) in [4.78, 5) is -0.511. The Hall–Kier alpha value is -2.05. The second kappa shape index (κ2) is 5.86. The van der Waals surface area contributed by atoms with Gasteiger partial charge in [0.2, 0.25) is 10.0 Å². The average molecular weight is 335 g/mol. The first kappa shape index (κ1) is 15.8. The van der Waals surface area contributed by atoms with E-state index in [-0.39, 0.29) is 5.82 Å². The SMILES string of the molecule is NS(=O)(=O)c1ccc(C2=C(c3ccc(F)cc3)CCC2)cc1F. The van der Waals surface area contributed by atoms with E-state index in [2.05, 4.69) is 0 Å². The van der Waals surface area contributed by atoms with E-state index in [9.17, 15) is 17.2 Å². The molecule has 2 N–H and O–H groups in total. The normalized spacial score (nSPS) is 15.3. The predicted octanol–water partition coefficient (Wildman–Crippen LogP) is 3.71. The highest BCUT2D eigenvalue weighted by molar-refractivity contribution is 7.89. The minimum absolute atomic E-state index is 0.308. The summed E-state index contributed by atoms with van der Waals surface area (Å²) in [6.45, 7) is 0. The van der Waals surface area contributed by atoms with Crippen LogP contribution in [-0.2, 0) is 10.0 Å². The van der Waals surface area contributed by atoms with Crippen molar-refractivity contribution in [3.63, 3.8) is 0 Å². The lowest BCUT2D eigenvalue weighted by Crippen LogP contribution is -2.14. The Morgan fingerprint density at radius 1 is 0.870 bits per heavy atom. The molecular formula is C17H15F2NO2S. The van der Waals surface area contributed by atoms with E-state index in [1.165, 1.54) is 24.3 Å². The molecule has 0 saturated carbocycles. The molecule has 0 heterocycles. The van der Waals surface area contributed by atoms with Crippen LogP contribution < -0.4 is 5.14 Å². The molecule has 2 aromatic carbocycles. The molecule has 2 aromatic rings. The minimum Gasteiger partial charge on any atom is -0.225 e. The van der Waals surface area contributed by atoms with Crippen molar-refractivity contribution in [2.24, 2.45) is 5.14 Å². The van der Waals surface area contributed by atoms with Crippen LogP contribution in [0.3, 0.4) is 0 Å². The molecule has 6 heteroatoms. The summed E-state index contributed by atoms with van der Waals surface area (Å²) in [6, 6.07) is 10.1. The van der Waals surface area contributed by atoms with Gasteiger partial charge in [-0.1, -0.05) is 18.2 Å². The Labute approximate surface area is 133 Å². The van der Waals surface area contributed by atoms with Gasteiger partial charge in [-0.3, -0.25) is 0 Å². The van der Waals surface area contributed by atoms with Crippen molar-refractivity contribution in [1.29, 1.82) is 0 Å². The van der Waals surface area contributed by atoms with Gasteiger partial charge in [-0.25, -0.2) is 22.3 Å². The Balaban J connectivity index is 2.07. The summed E-state index contributed by atoms with van der Waals surface area (Å²) in [6.07, 6.45) is 2.50. The van der Waals surface area contributed by atoms with E-state index < -0.39 is 20.7 Å². The number of rotatable bonds is 3. The van der Waals surface area contributed by atoms with Gasteiger partial charge in [0.05, 0.1) is 0 Å².